The van der Waals surface area contributed by atoms with Crippen LogP contribution in [0.2, 0.25) is 5.02 Å². The van der Waals surface area contributed by atoms with Gasteiger partial charge in [0.05, 0.1) is 6.54 Å². The van der Waals surface area contributed by atoms with Crippen LogP contribution in [0.1, 0.15) is 0 Å². The van der Waals surface area contributed by atoms with Crippen molar-refractivity contribution in [3.63, 3.8) is 0 Å². The van der Waals surface area contributed by atoms with Crippen LogP contribution in [0.15, 0.2) is 36.7 Å². The van der Waals surface area contributed by atoms with E-state index in [9.17, 15) is 4.79 Å². The van der Waals surface area contributed by atoms with E-state index in [1.807, 2.05) is 6.07 Å². The number of piperazine rings is 1. The maximum Gasteiger partial charge on any atom is 0.319 e. The minimum Gasteiger partial charge on any atom is -0.476 e. The van der Waals surface area contributed by atoms with Crippen molar-refractivity contribution >= 4 is 29.1 Å². The van der Waals surface area contributed by atoms with E-state index < -0.39 is 0 Å². The molecular weight excluding hydrogens is 368 g/mol. The van der Waals surface area contributed by atoms with Crippen LogP contribution >= 0.6 is 11.6 Å². The molecule has 1 aromatic heterocycles. The van der Waals surface area contributed by atoms with Crippen molar-refractivity contribution < 1.29 is 9.53 Å². The van der Waals surface area contributed by atoms with E-state index in [0.717, 1.165) is 32.0 Å². The number of ether oxygens (including phenoxy) is 1. The molecule has 2 aromatic rings. The summed E-state index contributed by atoms with van der Waals surface area (Å²) in [4.78, 5) is 24.8. The Bertz CT molecular complexity index is 767. The fourth-order valence-electron chi connectivity index (χ4n) is 2.68. The molecule has 2 amide bonds. The van der Waals surface area contributed by atoms with Gasteiger partial charge in [0.25, 0.3) is 0 Å². The molecule has 1 aliphatic rings. The van der Waals surface area contributed by atoms with E-state index in [1.165, 1.54) is 6.33 Å². The smallest absolute Gasteiger partial charge is 0.319 e. The molecule has 0 saturated carbocycles. The van der Waals surface area contributed by atoms with Gasteiger partial charge >= 0.3 is 6.03 Å². The first-order valence-corrected chi connectivity index (χ1v) is 9.17. The van der Waals surface area contributed by atoms with Crippen LogP contribution in [0.3, 0.4) is 0 Å². The zero-order chi connectivity index (χ0) is 19.1. The molecule has 0 unspecified atom stereocenters. The molecule has 0 atom stereocenters. The van der Waals surface area contributed by atoms with Crippen molar-refractivity contribution in [2.45, 2.75) is 0 Å². The number of anilines is 2. The van der Waals surface area contributed by atoms with Gasteiger partial charge in [-0.05, 0) is 25.2 Å². The van der Waals surface area contributed by atoms with E-state index in [4.69, 9.17) is 16.3 Å². The van der Waals surface area contributed by atoms with Gasteiger partial charge in [-0.1, -0.05) is 17.7 Å². The number of aromatic nitrogens is 2. The molecule has 0 radical (unpaired) electrons. The van der Waals surface area contributed by atoms with Crippen LogP contribution in [0.5, 0.6) is 5.88 Å². The highest BCUT2D eigenvalue weighted by atomic mass is 35.5. The number of carbonyl (C=O) groups is 1. The third-order valence-electron chi connectivity index (χ3n) is 4.17. The van der Waals surface area contributed by atoms with E-state index in [-0.39, 0.29) is 6.03 Å². The van der Waals surface area contributed by atoms with Crippen LogP contribution in [-0.2, 0) is 0 Å². The monoisotopic (exact) mass is 390 g/mol. The third-order valence-corrected chi connectivity index (χ3v) is 4.41. The number of hydrogen-bond acceptors (Lipinski definition) is 6. The molecule has 8 nitrogen and oxygen atoms in total. The predicted molar refractivity (Wildman–Crippen MR) is 106 cm³/mol. The quantitative estimate of drug-likeness (QED) is 0.735. The van der Waals surface area contributed by atoms with Crippen molar-refractivity contribution in [3.8, 4) is 5.88 Å². The Balaban J connectivity index is 1.41. The Kier molecular flexibility index (Phi) is 6.67. The molecule has 0 aliphatic carbocycles. The number of hydrogen-bond donors (Lipinski definition) is 2. The summed E-state index contributed by atoms with van der Waals surface area (Å²) in [6.07, 6.45) is 1.50. The molecule has 1 aromatic carbocycles. The number of rotatable bonds is 6. The zero-order valence-corrected chi connectivity index (χ0v) is 15.9. The summed E-state index contributed by atoms with van der Waals surface area (Å²) >= 11 is 5.89. The highest BCUT2D eigenvalue weighted by molar-refractivity contribution is 6.30. The normalized spacial score (nSPS) is 14.7. The lowest BCUT2D eigenvalue weighted by atomic mass is 10.3. The number of nitrogens with one attached hydrogen (secondary N) is 2. The molecule has 0 spiro atoms. The second-order valence-electron chi connectivity index (χ2n) is 6.24. The molecular formula is C18H23ClN6O2. The minimum absolute atomic E-state index is 0.308. The maximum atomic E-state index is 11.9. The molecule has 2 N–H and O–H groups in total. The van der Waals surface area contributed by atoms with E-state index in [1.54, 1.807) is 24.3 Å². The number of amides is 2. The van der Waals surface area contributed by atoms with E-state index in [0.29, 0.717) is 29.7 Å². The summed E-state index contributed by atoms with van der Waals surface area (Å²) in [6, 6.07) is 8.48. The number of benzene rings is 1. The first-order chi connectivity index (χ1) is 13.1. The van der Waals surface area contributed by atoms with Crippen LogP contribution in [-0.4, -0.2) is 67.3 Å². The van der Waals surface area contributed by atoms with Gasteiger partial charge < -0.3 is 25.2 Å². The third kappa shape index (κ3) is 5.97. The topological polar surface area (TPSA) is 82.6 Å². The number of urea groups is 1. The standard InChI is InChI=1S/C18H23ClN6O2/c1-24-6-8-25(9-7-24)16-12-17(22-13-21-16)27-10-5-20-18(26)23-15-4-2-3-14(19)11-15/h2-4,11-13H,5-10H2,1H3,(H2,20,23,26). The Morgan fingerprint density at radius 2 is 2.04 bits per heavy atom. The molecule has 9 heteroatoms. The van der Waals surface area contributed by atoms with Crippen molar-refractivity contribution in [3.05, 3.63) is 41.7 Å². The molecule has 1 aliphatic heterocycles. The average Bonchev–Trinajstić information content (AvgIpc) is 2.66. The lowest BCUT2D eigenvalue weighted by molar-refractivity contribution is 0.246. The van der Waals surface area contributed by atoms with Crippen LogP contribution < -0.4 is 20.3 Å². The molecule has 1 fully saturated rings. The van der Waals surface area contributed by atoms with Crippen molar-refractivity contribution in [2.75, 3.05) is 56.6 Å². The largest absolute Gasteiger partial charge is 0.476 e. The van der Waals surface area contributed by atoms with E-state index >= 15 is 0 Å². The summed E-state index contributed by atoms with van der Waals surface area (Å²) in [7, 11) is 2.11. The highest BCUT2D eigenvalue weighted by Crippen LogP contribution is 2.17. The van der Waals surface area contributed by atoms with Crippen molar-refractivity contribution in [1.29, 1.82) is 0 Å². The van der Waals surface area contributed by atoms with Crippen molar-refractivity contribution in [2.24, 2.45) is 0 Å². The summed E-state index contributed by atoms with van der Waals surface area (Å²) in [5.74, 6) is 1.36. The van der Waals surface area contributed by atoms with Gasteiger partial charge in [0.15, 0.2) is 0 Å². The highest BCUT2D eigenvalue weighted by Gasteiger charge is 2.16. The number of carbonyl (C=O) groups excluding carboxylic acids is 1. The van der Waals surface area contributed by atoms with Gasteiger partial charge in [0, 0.05) is 43.0 Å². The van der Waals surface area contributed by atoms with Crippen LogP contribution in [0.25, 0.3) is 0 Å². The van der Waals surface area contributed by atoms with Gasteiger partial charge in [0.1, 0.15) is 18.8 Å². The van der Waals surface area contributed by atoms with Gasteiger partial charge in [-0.25, -0.2) is 14.8 Å². The number of likely N-dealkylation sites (N-methyl/N-ethyl adjacent to an activating group) is 1. The summed E-state index contributed by atoms with van der Waals surface area (Å²) in [5, 5.41) is 6.00. The predicted octanol–water partition coefficient (Wildman–Crippen LogP) is 2.08. The van der Waals surface area contributed by atoms with E-state index in [2.05, 4.69) is 37.4 Å². The first-order valence-electron chi connectivity index (χ1n) is 8.79. The molecule has 3 rings (SSSR count). The number of nitrogens with zero attached hydrogens (tertiary/aromatic N) is 4. The summed E-state index contributed by atoms with van der Waals surface area (Å²) in [6.45, 7) is 4.52. The summed E-state index contributed by atoms with van der Waals surface area (Å²) in [5.41, 5.74) is 0.633. The minimum atomic E-state index is -0.318. The molecule has 144 valence electrons. The zero-order valence-electron chi connectivity index (χ0n) is 15.2. The second kappa shape index (κ2) is 9.38. The number of halogens is 1. The maximum absolute atomic E-state index is 11.9. The van der Waals surface area contributed by atoms with Crippen LogP contribution in [0, 0.1) is 0 Å². The Labute approximate surface area is 163 Å². The SMILES string of the molecule is CN1CCN(c2cc(OCCNC(=O)Nc3cccc(Cl)c3)ncn2)CC1. The molecule has 0 bridgehead atoms. The Morgan fingerprint density at radius 1 is 1.22 bits per heavy atom. The first kappa shape index (κ1) is 19.2. The Hall–Kier alpha value is -2.58. The second-order valence-corrected chi connectivity index (χ2v) is 6.68. The lowest BCUT2D eigenvalue weighted by Crippen LogP contribution is -2.44. The van der Waals surface area contributed by atoms with Gasteiger partial charge in [-0.3, -0.25) is 0 Å². The lowest BCUT2D eigenvalue weighted by Gasteiger charge is -2.33. The van der Waals surface area contributed by atoms with Gasteiger partial charge in [-0.2, -0.15) is 0 Å². The van der Waals surface area contributed by atoms with Gasteiger partial charge in [0.2, 0.25) is 5.88 Å². The fraction of sp³-hybridized carbons (Fsp3) is 0.389. The average molecular weight is 391 g/mol. The molecule has 27 heavy (non-hydrogen) atoms. The van der Waals surface area contributed by atoms with Crippen molar-refractivity contribution in [1.82, 2.24) is 20.2 Å². The van der Waals surface area contributed by atoms with Crippen LogP contribution in [0.4, 0.5) is 16.3 Å². The fourth-order valence-corrected chi connectivity index (χ4v) is 2.87. The van der Waals surface area contributed by atoms with Gasteiger partial charge in [-0.15, -0.1) is 0 Å². The summed E-state index contributed by atoms with van der Waals surface area (Å²) < 4.78 is 5.63. The molecule has 2 heterocycles. The Morgan fingerprint density at radius 3 is 2.81 bits per heavy atom. The molecule has 1 saturated heterocycles.